The molecule has 0 saturated carbocycles. The van der Waals surface area contributed by atoms with Crippen LogP contribution in [0.15, 0.2) is 23.8 Å². The van der Waals surface area contributed by atoms with Crippen molar-refractivity contribution in [2.45, 2.75) is 20.4 Å². The zero-order chi connectivity index (χ0) is 16.8. The fourth-order valence-corrected chi connectivity index (χ4v) is 3.67. The molecule has 0 bridgehead atoms. The van der Waals surface area contributed by atoms with Crippen molar-refractivity contribution in [3.05, 3.63) is 35.1 Å². The normalized spacial score (nSPS) is 12.0. The van der Waals surface area contributed by atoms with Crippen LogP contribution in [0.2, 0.25) is 0 Å². The van der Waals surface area contributed by atoms with E-state index < -0.39 is 0 Å². The smallest absolute Gasteiger partial charge is 0.192 e. The number of nitrogens with zero attached hydrogens (tertiary/aromatic N) is 6. The van der Waals surface area contributed by atoms with Crippen molar-refractivity contribution in [1.29, 1.82) is 0 Å². The largest absolute Gasteiger partial charge is 0.328 e. The van der Waals surface area contributed by atoms with Crippen LogP contribution < -0.4 is 0 Å². The Morgan fingerprint density at radius 1 is 1.21 bits per heavy atom. The average Bonchev–Trinajstić information content (AvgIpc) is 3.25. The standard InChI is InChI=1S/C17H20N6S/c1-11-12(2)22(8-7-21(3)4)16-14(11)17-19-15(13-6-5-9-24-13)20-23(17)10-18-16/h5-6,9-10H,7-8H2,1-4H3. The van der Waals surface area contributed by atoms with E-state index in [1.54, 1.807) is 22.2 Å². The summed E-state index contributed by atoms with van der Waals surface area (Å²) in [4.78, 5) is 12.7. The Hall–Kier alpha value is -2.25. The number of aryl methyl sites for hydroxylation is 1. The molecule has 24 heavy (non-hydrogen) atoms. The number of hydrogen-bond acceptors (Lipinski definition) is 5. The molecule has 4 aromatic heterocycles. The van der Waals surface area contributed by atoms with Crippen molar-refractivity contribution in [2.24, 2.45) is 0 Å². The first kappa shape index (κ1) is 15.3. The van der Waals surface area contributed by atoms with Crippen LogP contribution in [0.4, 0.5) is 0 Å². The molecular weight excluding hydrogens is 320 g/mol. The maximum absolute atomic E-state index is 4.79. The fourth-order valence-electron chi connectivity index (χ4n) is 3.01. The van der Waals surface area contributed by atoms with E-state index in [2.05, 4.69) is 47.5 Å². The van der Waals surface area contributed by atoms with Gasteiger partial charge < -0.3 is 9.47 Å². The SMILES string of the molecule is Cc1c(C)n(CCN(C)C)c2ncn3nc(-c4cccs4)nc3c12. The number of thiophene rings is 1. The summed E-state index contributed by atoms with van der Waals surface area (Å²) < 4.78 is 4.07. The van der Waals surface area contributed by atoms with E-state index in [1.807, 2.05) is 17.5 Å². The molecule has 0 atom stereocenters. The van der Waals surface area contributed by atoms with Gasteiger partial charge in [0.15, 0.2) is 11.5 Å². The first-order valence-corrected chi connectivity index (χ1v) is 8.83. The molecule has 0 saturated heterocycles. The summed E-state index contributed by atoms with van der Waals surface area (Å²) in [5.41, 5.74) is 4.34. The molecule has 0 unspecified atom stereocenters. The van der Waals surface area contributed by atoms with Gasteiger partial charge in [-0.3, -0.25) is 0 Å². The van der Waals surface area contributed by atoms with E-state index in [9.17, 15) is 0 Å². The monoisotopic (exact) mass is 340 g/mol. The van der Waals surface area contributed by atoms with Crippen LogP contribution in [-0.2, 0) is 6.54 Å². The van der Waals surface area contributed by atoms with Gasteiger partial charge in [-0.2, -0.15) is 0 Å². The van der Waals surface area contributed by atoms with Crippen molar-refractivity contribution < 1.29 is 0 Å². The van der Waals surface area contributed by atoms with Crippen LogP contribution in [0.1, 0.15) is 11.3 Å². The summed E-state index contributed by atoms with van der Waals surface area (Å²) in [6, 6.07) is 4.07. The summed E-state index contributed by atoms with van der Waals surface area (Å²) in [6.45, 7) is 6.19. The summed E-state index contributed by atoms with van der Waals surface area (Å²) in [5.74, 6) is 0.761. The molecule has 0 N–H and O–H groups in total. The molecule has 0 aliphatic rings. The van der Waals surface area contributed by atoms with Crippen molar-refractivity contribution >= 4 is 28.0 Å². The maximum atomic E-state index is 4.79. The van der Waals surface area contributed by atoms with E-state index in [-0.39, 0.29) is 0 Å². The minimum atomic E-state index is 0.761. The second-order valence-electron chi connectivity index (χ2n) is 6.29. The maximum Gasteiger partial charge on any atom is 0.192 e. The lowest BCUT2D eigenvalue weighted by Crippen LogP contribution is -2.19. The van der Waals surface area contributed by atoms with Crippen LogP contribution in [0.25, 0.3) is 27.4 Å². The predicted molar refractivity (Wildman–Crippen MR) is 97.6 cm³/mol. The second kappa shape index (κ2) is 5.68. The Balaban J connectivity index is 1.93. The number of rotatable bonds is 4. The van der Waals surface area contributed by atoms with Gasteiger partial charge in [-0.25, -0.2) is 14.5 Å². The highest BCUT2D eigenvalue weighted by Crippen LogP contribution is 2.29. The third-order valence-corrected chi connectivity index (χ3v) is 5.32. The van der Waals surface area contributed by atoms with Crippen molar-refractivity contribution in [1.82, 2.24) is 29.0 Å². The van der Waals surface area contributed by atoms with Crippen LogP contribution in [0.5, 0.6) is 0 Å². The molecule has 0 aliphatic heterocycles. The molecule has 4 heterocycles. The molecule has 6 nitrogen and oxygen atoms in total. The molecule has 0 radical (unpaired) electrons. The number of fused-ring (bicyclic) bond motifs is 3. The molecule has 0 aromatic carbocycles. The second-order valence-corrected chi connectivity index (χ2v) is 7.24. The van der Waals surface area contributed by atoms with Crippen LogP contribution in [0.3, 0.4) is 0 Å². The van der Waals surface area contributed by atoms with Gasteiger partial charge in [-0.05, 0) is 45.0 Å². The first-order chi connectivity index (χ1) is 11.6. The highest BCUT2D eigenvalue weighted by molar-refractivity contribution is 7.13. The quantitative estimate of drug-likeness (QED) is 0.573. The highest BCUT2D eigenvalue weighted by Gasteiger charge is 2.18. The first-order valence-electron chi connectivity index (χ1n) is 7.95. The molecule has 0 spiro atoms. The summed E-state index contributed by atoms with van der Waals surface area (Å²) in [7, 11) is 4.18. The van der Waals surface area contributed by atoms with Crippen molar-refractivity contribution in [2.75, 3.05) is 20.6 Å². The van der Waals surface area contributed by atoms with E-state index >= 15 is 0 Å². The van der Waals surface area contributed by atoms with Crippen LogP contribution >= 0.6 is 11.3 Å². The summed E-state index contributed by atoms with van der Waals surface area (Å²) in [5, 5.41) is 7.74. The topological polar surface area (TPSA) is 51.2 Å². The van der Waals surface area contributed by atoms with Crippen molar-refractivity contribution in [3.8, 4) is 10.7 Å². The Morgan fingerprint density at radius 2 is 2.04 bits per heavy atom. The van der Waals surface area contributed by atoms with E-state index in [4.69, 9.17) is 4.98 Å². The van der Waals surface area contributed by atoms with E-state index in [1.165, 1.54) is 11.3 Å². The Labute approximate surface area is 144 Å². The Kier molecular flexibility index (Phi) is 3.62. The third kappa shape index (κ3) is 2.32. The van der Waals surface area contributed by atoms with Gasteiger partial charge in [0.2, 0.25) is 0 Å². The molecule has 0 fully saturated rings. The Morgan fingerprint density at radius 3 is 2.75 bits per heavy atom. The van der Waals surface area contributed by atoms with Gasteiger partial charge in [-0.15, -0.1) is 16.4 Å². The number of likely N-dealkylation sites (N-methyl/N-ethyl adjacent to an activating group) is 1. The summed E-state index contributed by atoms with van der Waals surface area (Å²) >= 11 is 1.65. The van der Waals surface area contributed by atoms with Crippen LogP contribution in [-0.4, -0.2) is 49.7 Å². The lowest BCUT2D eigenvalue weighted by Gasteiger charge is -2.12. The van der Waals surface area contributed by atoms with E-state index in [0.717, 1.165) is 40.5 Å². The molecule has 7 heteroatoms. The predicted octanol–water partition coefficient (Wildman–Crippen LogP) is 2.99. The molecular formula is C17H20N6S. The summed E-state index contributed by atoms with van der Waals surface area (Å²) in [6.07, 6.45) is 1.77. The molecule has 0 amide bonds. The minimum Gasteiger partial charge on any atom is -0.328 e. The van der Waals surface area contributed by atoms with Gasteiger partial charge in [0.05, 0.1) is 10.3 Å². The van der Waals surface area contributed by atoms with Gasteiger partial charge in [0, 0.05) is 18.8 Å². The zero-order valence-electron chi connectivity index (χ0n) is 14.3. The lowest BCUT2D eigenvalue weighted by atomic mass is 10.2. The fraction of sp³-hybridized carbons (Fsp3) is 0.353. The average molecular weight is 340 g/mol. The van der Waals surface area contributed by atoms with Crippen LogP contribution in [0, 0.1) is 13.8 Å². The highest BCUT2D eigenvalue weighted by atomic mass is 32.1. The third-order valence-electron chi connectivity index (χ3n) is 4.46. The van der Waals surface area contributed by atoms with Gasteiger partial charge in [0.1, 0.15) is 12.0 Å². The molecule has 4 aromatic rings. The van der Waals surface area contributed by atoms with Crippen molar-refractivity contribution in [3.63, 3.8) is 0 Å². The molecule has 4 rings (SSSR count). The van der Waals surface area contributed by atoms with Gasteiger partial charge >= 0.3 is 0 Å². The number of hydrogen-bond donors (Lipinski definition) is 0. The molecule has 124 valence electrons. The zero-order valence-corrected chi connectivity index (χ0v) is 15.1. The minimum absolute atomic E-state index is 0.761. The number of aromatic nitrogens is 5. The van der Waals surface area contributed by atoms with Gasteiger partial charge in [0.25, 0.3) is 0 Å². The molecule has 0 aliphatic carbocycles. The van der Waals surface area contributed by atoms with E-state index in [0.29, 0.717) is 0 Å². The van der Waals surface area contributed by atoms with Gasteiger partial charge in [-0.1, -0.05) is 6.07 Å². The lowest BCUT2D eigenvalue weighted by molar-refractivity contribution is 0.384. The Bertz CT molecular complexity index is 1010.